The molecule has 9 aromatic rings. The molecule has 0 N–H and O–H groups in total. The third-order valence-electron chi connectivity index (χ3n) is 8.83. The van der Waals surface area contributed by atoms with Gasteiger partial charge in [-0.2, -0.15) is 0 Å². The monoisotopic (exact) mass is 546 g/mol. The molecule has 2 nitrogen and oxygen atoms in total. The average Bonchev–Trinajstić information content (AvgIpc) is 3.42. The minimum Gasteiger partial charge on any atom is -0.308 e. The van der Waals surface area contributed by atoms with Gasteiger partial charge < -0.3 is 4.57 Å². The molecule has 0 aliphatic carbocycles. The summed E-state index contributed by atoms with van der Waals surface area (Å²) in [5.41, 5.74) is 8.31. The zero-order valence-corrected chi connectivity index (χ0v) is 23.4. The van der Waals surface area contributed by atoms with Crippen LogP contribution < -0.4 is 0 Å². The Morgan fingerprint density at radius 1 is 0.395 bits per heavy atom. The van der Waals surface area contributed by atoms with E-state index in [2.05, 4.69) is 149 Å². The number of pyridine rings is 1. The maximum absolute atomic E-state index is 4.34. The third-order valence-corrected chi connectivity index (χ3v) is 8.83. The van der Waals surface area contributed by atoms with Crippen molar-refractivity contribution in [2.45, 2.75) is 0 Å². The molecule has 0 saturated carbocycles. The molecule has 9 rings (SSSR count). The van der Waals surface area contributed by atoms with Crippen LogP contribution in [0.3, 0.4) is 0 Å². The number of fused-ring (bicyclic) bond motifs is 8. The summed E-state index contributed by atoms with van der Waals surface area (Å²) in [5, 5.41) is 10.1. The highest BCUT2D eigenvalue weighted by Crippen LogP contribution is 2.41. The smallest absolute Gasteiger partial charge is 0.0619 e. The van der Waals surface area contributed by atoms with Crippen molar-refractivity contribution < 1.29 is 0 Å². The lowest BCUT2D eigenvalue weighted by Gasteiger charge is -2.15. The number of benzene rings is 7. The van der Waals surface area contributed by atoms with Crippen molar-refractivity contribution in [3.8, 4) is 27.9 Å². The highest BCUT2D eigenvalue weighted by molar-refractivity contribution is 6.21. The molecule has 0 atom stereocenters. The van der Waals surface area contributed by atoms with E-state index >= 15 is 0 Å². The average molecular weight is 547 g/mol. The summed E-state index contributed by atoms with van der Waals surface area (Å²) in [4.78, 5) is 4.34. The number of rotatable bonds is 3. The summed E-state index contributed by atoms with van der Waals surface area (Å²) < 4.78 is 2.51. The van der Waals surface area contributed by atoms with Gasteiger partial charge in [-0.1, -0.05) is 121 Å². The van der Waals surface area contributed by atoms with Gasteiger partial charge in [-0.25, -0.2) is 0 Å². The van der Waals surface area contributed by atoms with E-state index in [4.69, 9.17) is 0 Å². The summed E-state index contributed by atoms with van der Waals surface area (Å²) in [6.07, 6.45) is 3.75. The van der Waals surface area contributed by atoms with Gasteiger partial charge in [0.25, 0.3) is 0 Å². The Bertz CT molecular complexity index is 2500. The van der Waals surface area contributed by atoms with Gasteiger partial charge in [0.2, 0.25) is 0 Å². The first-order valence-corrected chi connectivity index (χ1v) is 14.7. The number of nitrogens with zero attached hydrogens (tertiary/aromatic N) is 2. The Balaban J connectivity index is 1.40. The van der Waals surface area contributed by atoms with Crippen LogP contribution in [-0.4, -0.2) is 9.55 Å². The van der Waals surface area contributed by atoms with E-state index in [0.29, 0.717) is 0 Å². The fraction of sp³-hybridized carbons (Fsp3) is 0. The normalized spacial score (nSPS) is 11.7. The fourth-order valence-electron chi connectivity index (χ4n) is 6.84. The Morgan fingerprint density at radius 3 is 1.91 bits per heavy atom. The number of aromatic nitrogens is 2. The molecule has 7 aromatic carbocycles. The van der Waals surface area contributed by atoms with E-state index in [-0.39, 0.29) is 0 Å². The van der Waals surface area contributed by atoms with Crippen molar-refractivity contribution in [1.29, 1.82) is 0 Å². The number of hydrogen-bond acceptors (Lipinski definition) is 1. The molecule has 2 heteroatoms. The SMILES string of the molecule is c1cncc(-c2cccc(-c3ccc4c5ccc6ccccc6c5n(-c5cc6ccccc6c6ccccc56)c4c3)c2)c1. The first-order chi connectivity index (χ1) is 21.3. The molecule has 0 amide bonds. The summed E-state index contributed by atoms with van der Waals surface area (Å²) in [6, 6.07) is 53.0. The second-order valence-electron chi connectivity index (χ2n) is 11.2. The summed E-state index contributed by atoms with van der Waals surface area (Å²) in [6.45, 7) is 0. The van der Waals surface area contributed by atoms with Crippen LogP contribution in [0.2, 0.25) is 0 Å². The molecule has 2 heterocycles. The molecule has 200 valence electrons. The van der Waals surface area contributed by atoms with Gasteiger partial charge >= 0.3 is 0 Å². The van der Waals surface area contributed by atoms with Crippen molar-refractivity contribution in [3.63, 3.8) is 0 Å². The van der Waals surface area contributed by atoms with E-state index in [9.17, 15) is 0 Å². The minimum atomic E-state index is 1.12. The van der Waals surface area contributed by atoms with Gasteiger partial charge in [0.15, 0.2) is 0 Å². The van der Waals surface area contributed by atoms with Crippen LogP contribution in [0.1, 0.15) is 0 Å². The molecule has 0 fully saturated rings. The Morgan fingerprint density at radius 2 is 1.07 bits per heavy atom. The lowest BCUT2D eigenvalue weighted by atomic mass is 9.98. The van der Waals surface area contributed by atoms with Crippen LogP contribution in [0.15, 0.2) is 158 Å². The van der Waals surface area contributed by atoms with Crippen LogP contribution in [0.25, 0.3) is 82.1 Å². The summed E-state index contributed by atoms with van der Waals surface area (Å²) in [5.74, 6) is 0. The van der Waals surface area contributed by atoms with Gasteiger partial charge in [0, 0.05) is 39.5 Å². The predicted molar refractivity (Wildman–Crippen MR) is 182 cm³/mol. The van der Waals surface area contributed by atoms with Crippen LogP contribution in [0.5, 0.6) is 0 Å². The first kappa shape index (κ1) is 23.9. The predicted octanol–water partition coefficient (Wildman–Crippen LogP) is 11.0. The zero-order valence-electron chi connectivity index (χ0n) is 23.4. The van der Waals surface area contributed by atoms with Crippen molar-refractivity contribution >= 4 is 54.1 Å². The quantitative estimate of drug-likeness (QED) is 0.202. The summed E-state index contributed by atoms with van der Waals surface area (Å²) in [7, 11) is 0. The van der Waals surface area contributed by atoms with Crippen molar-refractivity contribution in [2.75, 3.05) is 0 Å². The minimum absolute atomic E-state index is 1.12. The van der Waals surface area contributed by atoms with Gasteiger partial charge in [0.1, 0.15) is 0 Å². The molecule has 0 aliphatic heterocycles. The molecule has 0 unspecified atom stereocenters. The Kier molecular flexibility index (Phi) is 5.23. The maximum atomic E-state index is 4.34. The van der Waals surface area contributed by atoms with E-state index in [0.717, 1.165) is 11.1 Å². The lowest BCUT2D eigenvalue weighted by molar-refractivity contribution is 1.21. The number of hydrogen-bond donors (Lipinski definition) is 0. The second-order valence-corrected chi connectivity index (χ2v) is 11.2. The Hall–Kier alpha value is -5.73. The van der Waals surface area contributed by atoms with E-state index < -0.39 is 0 Å². The van der Waals surface area contributed by atoms with Crippen molar-refractivity contribution in [3.05, 3.63) is 158 Å². The van der Waals surface area contributed by atoms with E-state index in [1.165, 1.54) is 70.9 Å². The van der Waals surface area contributed by atoms with E-state index in [1.54, 1.807) is 0 Å². The molecular weight excluding hydrogens is 520 g/mol. The molecule has 2 aromatic heterocycles. The van der Waals surface area contributed by atoms with Crippen LogP contribution in [-0.2, 0) is 0 Å². The molecule has 43 heavy (non-hydrogen) atoms. The maximum Gasteiger partial charge on any atom is 0.0619 e. The largest absolute Gasteiger partial charge is 0.308 e. The van der Waals surface area contributed by atoms with Gasteiger partial charge in [-0.05, 0) is 62.5 Å². The fourth-order valence-corrected chi connectivity index (χ4v) is 6.84. The highest BCUT2D eigenvalue weighted by atomic mass is 15.0. The molecular formula is C41H26N2. The van der Waals surface area contributed by atoms with Crippen molar-refractivity contribution in [1.82, 2.24) is 9.55 Å². The second kappa shape index (κ2) is 9.40. The highest BCUT2D eigenvalue weighted by Gasteiger charge is 2.18. The van der Waals surface area contributed by atoms with Crippen LogP contribution in [0.4, 0.5) is 0 Å². The molecule has 0 spiro atoms. The third kappa shape index (κ3) is 3.70. The van der Waals surface area contributed by atoms with Gasteiger partial charge in [-0.3, -0.25) is 4.98 Å². The Labute approximate surface area is 249 Å². The molecule has 0 aliphatic rings. The van der Waals surface area contributed by atoms with Gasteiger partial charge in [-0.15, -0.1) is 0 Å². The zero-order chi connectivity index (χ0) is 28.3. The standard InChI is InChI=1S/C41H26N2/c1-4-15-34-27(9-1)18-21-38-37-20-19-30(28-11-7-12-29(23-28)32-13-8-22-42-26-32)24-39(37)43(41(34)38)40-25-31-10-2-3-14-33(31)35-16-5-6-17-36(35)40/h1-26H. The first-order valence-electron chi connectivity index (χ1n) is 14.7. The van der Waals surface area contributed by atoms with Crippen molar-refractivity contribution in [2.24, 2.45) is 0 Å². The molecule has 0 saturated heterocycles. The summed E-state index contributed by atoms with van der Waals surface area (Å²) >= 11 is 0. The molecule has 0 radical (unpaired) electrons. The van der Waals surface area contributed by atoms with Crippen LogP contribution in [0, 0.1) is 0 Å². The topological polar surface area (TPSA) is 17.8 Å². The lowest BCUT2D eigenvalue weighted by Crippen LogP contribution is -1.97. The van der Waals surface area contributed by atoms with E-state index in [1.807, 2.05) is 18.5 Å². The van der Waals surface area contributed by atoms with Gasteiger partial charge in [0.05, 0.1) is 16.7 Å². The van der Waals surface area contributed by atoms with Crippen LogP contribution >= 0.6 is 0 Å². The molecule has 0 bridgehead atoms.